The van der Waals surface area contributed by atoms with Gasteiger partial charge in [0, 0.05) is 28.3 Å². The molecule has 0 saturated carbocycles. The quantitative estimate of drug-likeness (QED) is 0.635. The van der Waals surface area contributed by atoms with Crippen molar-refractivity contribution in [3.63, 3.8) is 0 Å². The van der Waals surface area contributed by atoms with Crippen LogP contribution in [0.3, 0.4) is 0 Å². The molecule has 5 nitrogen and oxygen atoms in total. The number of hydrogen-bond acceptors (Lipinski definition) is 5. The number of rotatable bonds is 4. The van der Waals surface area contributed by atoms with Crippen LogP contribution in [0.4, 0.5) is 0 Å². The summed E-state index contributed by atoms with van der Waals surface area (Å²) >= 11 is 5.89. The summed E-state index contributed by atoms with van der Waals surface area (Å²) in [4.78, 5) is 12.5. The van der Waals surface area contributed by atoms with Gasteiger partial charge in [-0.1, -0.05) is 11.6 Å². The Morgan fingerprint density at radius 1 is 1.08 bits per heavy atom. The van der Waals surface area contributed by atoms with Gasteiger partial charge in [-0.05, 0) is 51.0 Å². The van der Waals surface area contributed by atoms with E-state index >= 15 is 0 Å². The Bertz CT molecular complexity index is 1010. The number of fused-ring (bicyclic) bond motifs is 1. The molecule has 1 aromatic heterocycles. The molecule has 0 aliphatic rings. The highest BCUT2D eigenvalue weighted by Crippen LogP contribution is 2.36. The Labute approximate surface area is 155 Å². The predicted molar refractivity (Wildman–Crippen MR) is 101 cm³/mol. The maximum atomic E-state index is 12.5. The van der Waals surface area contributed by atoms with E-state index in [1.807, 2.05) is 0 Å². The van der Waals surface area contributed by atoms with Gasteiger partial charge in [-0.3, -0.25) is 4.79 Å². The maximum absolute atomic E-state index is 12.5. The fourth-order valence-electron chi connectivity index (χ4n) is 2.78. The number of benzene rings is 2. The molecule has 0 spiro atoms. The van der Waals surface area contributed by atoms with Crippen molar-refractivity contribution in [2.45, 2.75) is 32.3 Å². The monoisotopic (exact) mass is 374 g/mol. The Hall–Kier alpha value is -2.50. The first-order valence-corrected chi connectivity index (χ1v) is 8.53. The molecule has 3 N–H and O–H groups in total. The van der Waals surface area contributed by atoms with Gasteiger partial charge in [-0.15, -0.1) is 0 Å². The van der Waals surface area contributed by atoms with E-state index in [0.29, 0.717) is 28.3 Å². The number of aryl methyl sites for hydroxylation is 1. The zero-order valence-electron chi connectivity index (χ0n) is 14.4. The van der Waals surface area contributed by atoms with Gasteiger partial charge >= 0.3 is 0 Å². The van der Waals surface area contributed by atoms with Crippen molar-refractivity contribution >= 4 is 22.6 Å². The Kier molecular flexibility index (Phi) is 4.69. The van der Waals surface area contributed by atoms with Crippen molar-refractivity contribution in [2.75, 3.05) is 0 Å². The van der Waals surface area contributed by atoms with E-state index in [-0.39, 0.29) is 28.9 Å². The van der Waals surface area contributed by atoms with Gasteiger partial charge in [0.25, 0.3) is 0 Å². The third kappa shape index (κ3) is 3.69. The lowest BCUT2D eigenvalue weighted by molar-refractivity contribution is 0.0713. The summed E-state index contributed by atoms with van der Waals surface area (Å²) in [7, 11) is 0. The topological polar surface area (TPSA) is 90.9 Å². The Morgan fingerprint density at radius 3 is 2.35 bits per heavy atom. The van der Waals surface area contributed by atoms with Crippen LogP contribution in [-0.2, 0) is 6.42 Å². The van der Waals surface area contributed by atoms with Crippen molar-refractivity contribution in [1.29, 1.82) is 0 Å². The molecule has 0 fully saturated rings. The molecule has 0 amide bonds. The van der Waals surface area contributed by atoms with Crippen LogP contribution < -0.4 is 5.43 Å². The summed E-state index contributed by atoms with van der Waals surface area (Å²) in [6, 6.07) is 9.20. The lowest BCUT2D eigenvalue weighted by Gasteiger charge is -2.18. The van der Waals surface area contributed by atoms with Gasteiger partial charge in [-0.25, -0.2) is 0 Å². The van der Waals surface area contributed by atoms with Crippen LogP contribution in [0, 0.1) is 0 Å². The molecule has 0 aliphatic heterocycles. The van der Waals surface area contributed by atoms with Crippen molar-refractivity contribution in [3.8, 4) is 22.8 Å². The molecular weight excluding hydrogens is 356 g/mol. The van der Waals surface area contributed by atoms with Gasteiger partial charge in [-0.2, -0.15) is 0 Å². The van der Waals surface area contributed by atoms with Crippen molar-refractivity contribution < 1.29 is 19.7 Å². The molecule has 0 aliphatic carbocycles. The van der Waals surface area contributed by atoms with Crippen LogP contribution in [0.5, 0.6) is 11.5 Å². The number of phenolic OH excluding ortho intramolecular Hbond substituents is 2. The van der Waals surface area contributed by atoms with E-state index in [2.05, 4.69) is 0 Å². The fraction of sp³-hybridized carbons (Fsp3) is 0.250. The average molecular weight is 375 g/mol. The number of halogens is 1. The molecule has 0 atom stereocenters. The number of hydrogen-bond donors (Lipinski definition) is 3. The average Bonchev–Trinajstić information content (AvgIpc) is 2.53. The van der Waals surface area contributed by atoms with Crippen molar-refractivity contribution in [2.24, 2.45) is 0 Å². The normalized spacial score (nSPS) is 11.8. The predicted octanol–water partition coefficient (Wildman–Crippen LogP) is 4.23. The molecule has 0 unspecified atom stereocenters. The third-order valence-corrected chi connectivity index (χ3v) is 4.43. The lowest BCUT2D eigenvalue weighted by atomic mass is 9.96. The van der Waals surface area contributed by atoms with Crippen LogP contribution in [0.15, 0.2) is 45.6 Å². The van der Waals surface area contributed by atoms with Crippen LogP contribution in [0.25, 0.3) is 22.3 Å². The first kappa shape index (κ1) is 18.3. The summed E-state index contributed by atoms with van der Waals surface area (Å²) in [5.74, 6) is -0.231. The highest BCUT2D eigenvalue weighted by atomic mass is 35.5. The van der Waals surface area contributed by atoms with Crippen molar-refractivity contribution in [1.82, 2.24) is 0 Å². The van der Waals surface area contributed by atoms with Gasteiger partial charge in [0.05, 0.1) is 5.60 Å². The van der Waals surface area contributed by atoms with Gasteiger partial charge in [0.15, 0.2) is 5.43 Å². The number of phenols is 2. The second-order valence-electron chi connectivity index (χ2n) is 6.89. The summed E-state index contributed by atoms with van der Waals surface area (Å²) < 4.78 is 5.88. The zero-order valence-corrected chi connectivity index (χ0v) is 15.2. The molecule has 1 heterocycles. The van der Waals surface area contributed by atoms with Crippen LogP contribution in [0.2, 0.25) is 5.02 Å². The fourth-order valence-corrected chi connectivity index (χ4v) is 2.91. The molecular formula is C20H19ClO5. The van der Waals surface area contributed by atoms with Crippen molar-refractivity contribution in [3.05, 3.63) is 57.2 Å². The molecule has 0 radical (unpaired) electrons. The van der Waals surface area contributed by atoms with E-state index in [9.17, 15) is 20.1 Å². The Balaban J connectivity index is 2.23. The molecule has 2 aromatic carbocycles. The van der Waals surface area contributed by atoms with E-state index in [4.69, 9.17) is 16.0 Å². The standard InChI is InChI=1S/C20H19ClO5/c1-20(2,25)8-7-13-14(22)9-15(23)18-16(24)10-17(26-19(13)18)11-3-5-12(21)6-4-11/h3-6,9-10,22-23,25H,7-8H2,1-2H3. The lowest BCUT2D eigenvalue weighted by Crippen LogP contribution is -2.19. The number of aliphatic hydroxyl groups is 1. The molecule has 0 saturated heterocycles. The second-order valence-corrected chi connectivity index (χ2v) is 7.33. The van der Waals surface area contributed by atoms with E-state index in [1.165, 1.54) is 6.07 Å². The first-order chi connectivity index (χ1) is 12.2. The highest BCUT2D eigenvalue weighted by Gasteiger charge is 2.21. The zero-order chi connectivity index (χ0) is 19.1. The molecule has 136 valence electrons. The van der Waals surface area contributed by atoms with Crippen LogP contribution >= 0.6 is 11.6 Å². The van der Waals surface area contributed by atoms with E-state index in [0.717, 1.165) is 6.07 Å². The largest absolute Gasteiger partial charge is 0.507 e. The van der Waals surface area contributed by atoms with Gasteiger partial charge in [0.2, 0.25) is 0 Å². The highest BCUT2D eigenvalue weighted by molar-refractivity contribution is 6.30. The summed E-state index contributed by atoms with van der Waals surface area (Å²) in [6.07, 6.45) is 0.619. The molecule has 26 heavy (non-hydrogen) atoms. The Morgan fingerprint density at radius 2 is 1.73 bits per heavy atom. The minimum absolute atomic E-state index is 0.00580. The van der Waals surface area contributed by atoms with Gasteiger partial charge in [0.1, 0.15) is 28.2 Å². The third-order valence-electron chi connectivity index (χ3n) is 4.18. The second kappa shape index (κ2) is 6.67. The van der Waals surface area contributed by atoms with E-state index < -0.39 is 11.0 Å². The van der Waals surface area contributed by atoms with Gasteiger partial charge < -0.3 is 19.7 Å². The van der Waals surface area contributed by atoms with E-state index in [1.54, 1.807) is 38.1 Å². The minimum atomic E-state index is -0.954. The smallest absolute Gasteiger partial charge is 0.197 e. The molecule has 3 rings (SSSR count). The summed E-state index contributed by atoms with van der Waals surface area (Å²) in [5, 5.41) is 30.9. The van der Waals surface area contributed by atoms with Crippen LogP contribution in [0.1, 0.15) is 25.8 Å². The first-order valence-electron chi connectivity index (χ1n) is 8.16. The maximum Gasteiger partial charge on any atom is 0.197 e. The minimum Gasteiger partial charge on any atom is -0.507 e. The molecule has 3 aromatic rings. The van der Waals surface area contributed by atoms with Crippen LogP contribution in [-0.4, -0.2) is 20.9 Å². The molecule has 0 bridgehead atoms. The summed E-state index contributed by atoms with van der Waals surface area (Å²) in [5.41, 5.74) is -0.245. The molecule has 6 heteroatoms. The summed E-state index contributed by atoms with van der Waals surface area (Å²) in [6.45, 7) is 3.31. The number of aromatic hydroxyl groups is 2. The SMILES string of the molecule is CC(C)(O)CCc1c(O)cc(O)c2c(=O)cc(-c3ccc(Cl)cc3)oc12.